The number of aromatic nitrogens is 1. The summed E-state index contributed by atoms with van der Waals surface area (Å²) in [6.07, 6.45) is 0.853. The van der Waals surface area contributed by atoms with Crippen LogP contribution in [-0.4, -0.2) is 24.3 Å². The molecule has 0 bridgehead atoms. The van der Waals surface area contributed by atoms with Crippen molar-refractivity contribution in [3.63, 3.8) is 0 Å². The van der Waals surface area contributed by atoms with E-state index in [2.05, 4.69) is 10.5 Å². The Hall–Kier alpha value is -3.28. The van der Waals surface area contributed by atoms with Crippen LogP contribution in [0, 0.1) is 6.92 Å². The fraction of sp³-hybridized carbons (Fsp3) is 0.273. The highest BCUT2D eigenvalue weighted by atomic mass is 16.5. The van der Waals surface area contributed by atoms with Gasteiger partial charge in [0, 0.05) is 12.0 Å². The lowest BCUT2D eigenvalue weighted by Crippen LogP contribution is -2.27. The Bertz CT molecular complexity index is 981. The van der Waals surface area contributed by atoms with Gasteiger partial charge in [-0.25, -0.2) is 0 Å². The van der Waals surface area contributed by atoms with Crippen molar-refractivity contribution < 1.29 is 18.8 Å². The SMILES string of the molecule is Cc1onc(-c2ccccc2)c1C(=O)N[C@H](C)c1ccc2c(c1)OCCCO2. The molecule has 0 spiro atoms. The van der Waals surface area contributed by atoms with Crippen LogP contribution in [0.2, 0.25) is 0 Å². The minimum Gasteiger partial charge on any atom is -0.490 e. The van der Waals surface area contributed by atoms with Crippen LogP contribution in [0.4, 0.5) is 0 Å². The summed E-state index contributed by atoms with van der Waals surface area (Å²) in [6.45, 7) is 4.94. The van der Waals surface area contributed by atoms with Crippen LogP contribution in [0.25, 0.3) is 11.3 Å². The first-order valence-electron chi connectivity index (χ1n) is 9.35. The van der Waals surface area contributed by atoms with Crippen LogP contribution < -0.4 is 14.8 Å². The quantitative estimate of drug-likeness (QED) is 0.733. The number of amides is 1. The van der Waals surface area contributed by atoms with Gasteiger partial charge in [0.05, 0.1) is 19.3 Å². The Morgan fingerprint density at radius 2 is 1.82 bits per heavy atom. The summed E-state index contributed by atoms with van der Waals surface area (Å²) < 4.78 is 16.7. The summed E-state index contributed by atoms with van der Waals surface area (Å²) in [4.78, 5) is 13.0. The summed E-state index contributed by atoms with van der Waals surface area (Å²) >= 11 is 0. The van der Waals surface area contributed by atoms with E-state index in [1.54, 1.807) is 6.92 Å². The van der Waals surface area contributed by atoms with Crippen molar-refractivity contribution in [1.82, 2.24) is 10.5 Å². The van der Waals surface area contributed by atoms with Gasteiger partial charge in [-0.15, -0.1) is 0 Å². The lowest BCUT2D eigenvalue weighted by Gasteiger charge is -2.16. The minimum atomic E-state index is -0.225. The molecule has 0 unspecified atom stereocenters. The largest absolute Gasteiger partial charge is 0.490 e. The Morgan fingerprint density at radius 1 is 1.07 bits per heavy atom. The van der Waals surface area contributed by atoms with Gasteiger partial charge in [0.15, 0.2) is 11.5 Å². The van der Waals surface area contributed by atoms with Crippen LogP contribution in [0.15, 0.2) is 53.1 Å². The van der Waals surface area contributed by atoms with Gasteiger partial charge in [-0.05, 0) is 31.5 Å². The zero-order chi connectivity index (χ0) is 19.5. The molecule has 4 rings (SSSR count). The molecule has 0 saturated carbocycles. The molecule has 1 atom stereocenters. The zero-order valence-corrected chi connectivity index (χ0v) is 15.9. The van der Waals surface area contributed by atoms with Crippen molar-refractivity contribution in [2.75, 3.05) is 13.2 Å². The number of aryl methyl sites for hydroxylation is 1. The molecule has 0 saturated heterocycles. The van der Waals surface area contributed by atoms with Crippen molar-refractivity contribution in [1.29, 1.82) is 0 Å². The molecule has 1 N–H and O–H groups in total. The number of carbonyl (C=O) groups is 1. The maximum atomic E-state index is 13.0. The average molecular weight is 378 g/mol. The molecule has 0 aliphatic carbocycles. The van der Waals surface area contributed by atoms with Gasteiger partial charge in [-0.3, -0.25) is 4.79 Å². The van der Waals surface area contributed by atoms with Gasteiger partial charge in [-0.2, -0.15) is 0 Å². The number of hydrogen-bond donors (Lipinski definition) is 1. The second kappa shape index (κ2) is 7.76. The fourth-order valence-corrected chi connectivity index (χ4v) is 3.23. The summed E-state index contributed by atoms with van der Waals surface area (Å²) in [5.74, 6) is 1.71. The minimum absolute atomic E-state index is 0.220. The third-order valence-corrected chi connectivity index (χ3v) is 4.76. The summed E-state index contributed by atoms with van der Waals surface area (Å²) in [5, 5.41) is 7.12. The highest BCUT2D eigenvalue weighted by molar-refractivity contribution is 6.00. The van der Waals surface area contributed by atoms with Gasteiger partial charge in [0.1, 0.15) is 17.0 Å². The van der Waals surface area contributed by atoms with Crippen molar-refractivity contribution in [2.45, 2.75) is 26.3 Å². The lowest BCUT2D eigenvalue weighted by atomic mass is 10.0. The molecule has 3 aromatic rings. The van der Waals surface area contributed by atoms with E-state index in [0.717, 1.165) is 23.3 Å². The molecule has 1 aromatic heterocycles. The number of nitrogens with zero attached hydrogens (tertiary/aromatic N) is 1. The second-order valence-corrected chi connectivity index (χ2v) is 6.78. The summed E-state index contributed by atoms with van der Waals surface area (Å²) in [6, 6.07) is 15.1. The Kier molecular flexibility index (Phi) is 5.02. The van der Waals surface area contributed by atoms with Gasteiger partial charge in [0.2, 0.25) is 0 Å². The number of hydrogen-bond acceptors (Lipinski definition) is 5. The van der Waals surface area contributed by atoms with Gasteiger partial charge >= 0.3 is 0 Å². The van der Waals surface area contributed by atoms with Crippen LogP contribution in [0.1, 0.15) is 41.1 Å². The first kappa shape index (κ1) is 18.1. The smallest absolute Gasteiger partial charge is 0.257 e. The summed E-state index contributed by atoms with van der Waals surface area (Å²) in [7, 11) is 0. The van der Waals surface area contributed by atoms with Crippen LogP contribution in [0.5, 0.6) is 11.5 Å². The Morgan fingerprint density at radius 3 is 2.61 bits per heavy atom. The molecule has 28 heavy (non-hydrogen) atoms. The van der Waals surface area contributed by atoms with Gasteiger partial charge in [-0.1, -0.05) is 41.6 Å². The number of nitrogens with one attached hydrogen (secondary N) is 1. The second-order valence-electron chi connectivity index (χ2n) is 6.78. The Balaban J connectivity index is 1.56. The van der Waals surface area contributed by atoms with E-state index in [9.17, 15) is 4.79 Å². The van der Waals surface area contributed by atoms with E-state index in [4.69, 9.17) is 14.0 Å². The number of fused-ring (bicyclic) bond motifs is 1. The molecular weight excluding hydrogens is 356 g/mol. The zero-order valence-electron chi connectivity index (χ0n) is 15.9. The van der Waals surface area contributed by atoms with Crippen LogP contribution in [-0.2, 0) is 0 Å². The maximum absolute atomic E-state index is 13.0. The first-order valence-corrected chi connectivity index (χ1v) is 9.35. The molecule has 144 valence electrons. The van der Waals surface area contributed by atoms with E-state index >= 15 is 0 Å². The van der Waals surface area contributed by atoms with Crippen molar-refractivity contribution >= 4 is 5.91 Å². The predicted molar refractivity (Wildman–Crippen MR) is 105 cm³/mol. The molecule has 0 radical (unpaired) electrons. The standard InChI is InChI=1S/C22H22N2O4/c1-14(17-9-10-18-19(13-17)27-12-6-11-26-18)23-22(25)20-15(2)28-24-21(20)16-7-4-3-5-8-16/h3-5,7-10,13-14H,6,11-12H2,1-2H3,(H,23,25)/t14-/m1/s1. The van der Waals surface area contributed by atoms with Crippen molar-refractivity contribution in [3.8, 4) is 22.8 Å². The highest BCUT2D eigenvalue weighted by Crippen LogP contribution is 2.32. The number of ether oxygens (including phenoxy) is 2. The van der Waals surface area contributed by atoms with Crippen molar-refractivity contribution in [3.05, 3.63) is 65.4 Å². The van der Waals surface area contributed by atoms with Gasteiger partial charge < -0.3 is 19.3 Å². The molecule has 1 amide bonds. The molecule has 6 heteroatoms. The molecule has 2 aromatic carbocycles. The maximum Gasteiger partial charge on any atom is 0.257 e. The molecule has 6 nitrogen and oxygen atoms in total. The third kappa shape index (κ3) is 3.58. The molecule has 1 aliphatic rings. The molecule has 0 fully saturated rings. The normalized spacial score (nSPS) is 14.2. The number of rotatable bonds is 4. The monoisotopic (exact) mass is 378 g/mol. The van der Waals surface area contributed by atoms with E-state index < -0.39 is 0 Å². The first-order chi connectivity index (χ1) is 13.6. The highest BCUT2D eigenvalue weighted by Gasteiger charge is 2.23. The average Bonchev–Trinajstić information content (AvgIpc) is 2.95. The summed E-state index contributed by atoms with van der Waals surface area (Å²) in [5.41, 5.74) is 2.77. The van der Waals surface area contributed by atoms with Crippen LogP contribution in [0.3, 0.4) is 0 Å². The Labute approximate surface area is 163 Å². The molecular formula is C22H22N2O4. The lowest BCUT2D eigenvalue weighted by molar-refractivity contribution is 0.0939. The van der Waals surface area contributed by atoms with Crippen molar-refractivity contribution in [2.24, 2.45) is 0 Å². The molecule has 1 aliphatic heterocycles. The van der Waals surface area contributed by atoms with E-state index in [-0.39, 0.29) is 11.9 Å². The van der Waals surface area contributed by atoms with E-state index in [0.29, 0.717) is 36.0 Å². The predicted octanol–water partition coefficient (Wildman–Crippen LogP) is 4.30. The van der Waals surface area contributed by atoms with Gasteiger partial charge in [0.25, 0.3) is 5.91 Å². The van der Waals surface area contributed by atoms with E-state index in [1.807, 2.05) is 55.5 Å². The third-order valence-electron chi connectivity index (χ3n) is 4.76. The number of benzene rings is 2. The molecule has 2 heterocycles. The number of carbonyl (C=O) groups excluding carboxylic acids is 1. The van der Waals surface area contributed by atoms with Crippen LogP contribution >= 0.6 is 0 Å². The topological polar surface area (TPSA) is 73.6 Å². The fourth-order valence-electron chi connectivity index (χ4n) is 3.23. The van der Waals surface area contributed by atoms with E-state index in [1.165, 1.54) is 0 Å².